The van der Waals surface area contributed by atoms with E-state index in [4.69, 9.17) is 10.8 Å². The van der Waals surface area contributed by atoms with Gasteiger partial charge in [-0.3, -0.25) is 0 Å². The van der Waals surface area contributed by atoms with Gasteiger partial charge in [0.2, 0.25) is 0 Å². The van der Waals surface area contributed by atoms with Crippen LogP contribution in [-0.2, 0) is 6.42 Å². The lowest BCUT2D eigenvalue weighted by Gasteiger charge is -2.06. The van der Waals surface area contributed by atoms with Gasteiger partial charge in [-0.25, -0.2) is 4.79 Å². The van der Waals surface area contributed by atoms with Gasteiger partial charge in [-0.05, 0) is 35.2 Å². The molecule has 0 radical (unpaired) electrons. The largest absolute Gasteiger partial charge is 0.478 e. The molecular weight excluding hydrogens is 226 g/mol. The van der Waals surface area contributed by atoms with Gasteiger partial charge in [0.25, 0.3) is 0 Å². The molecule has 0 aromatic heterocycles. The summed E-state index contributed by atoms with van der Waals surface area (Å²) in [5, 5.41) is 8.92. The fraction of sp³-hybridized carbons (Fsp3) is 0.133. The maximum absolute atomic E-state index is 10.9. The van der Waals surface area contributed by atoms with Gasteiger partial charge in [-0.2, -0.15) is 0 Å². The summed E-state index contributed by atoms with van der Waals surface area (Å²) in [6.45, 7) is 2.11. The van der Waals surface area contributed by atoms with Crippen LogP contribution in [0.15, 0.2) is 42.5 Å². The maximum atomic E-state index is 10.9. The number of carboxylic acids is 1. The molecule has 2 aromatic carbocycles. The minimum absolute atomic E-state index is 0.143. The average Bonchev–Trinajstić information content (AvgIpc) is 2.38. The van der Waals surface area contributed by atoms with Crippen LogP contribution in [0.3, 0.4) is 0 Å². The Balaban J connectivity index is 2.39. The minimum atomic E-state index is -1.000. The first-order valence-electron chi connectivity index (χ1n) is 5.84. The highest BCUT2D eigenvalue weighted by molar-refractivity contribution is 5.94. The van der Waals surface area contributed by atoms with E-state index in [-0.39, 0.29) is 5.56 Å². The lowest BCUT2D eigenvalue weighted by atomic mass is 10.0. The zero-order valence-corrected chi connectivity index (χ0v) is 10.2. The number of rotatable bonds is 3. The lowest BCUT2D eigenvalue weighted by Crippen LogP contribution is -2.02. The number of nitrogens with two attached hydrogens (primary N) is 1. The van der Waals surface area contributed by atoms with Gasteiger partial charge in [-0.1, -0.05) is 37.3 Å². The molecule has 0 saturated heterocycles. The fourth-order valence-electron chi connectivity index (χ4n) is 1.87. The highest BCUT2D eigenvalue weighted by atomic mass is 16.4. The first-order chi connectivity index (χ1) is 8.61. The Morgan fingerprint density at radius 2 is 1.72 bits per heavy atom. The van der Waals surface area contributed by atoms with Crippen LogP contribution in [0, 0.1) is 0 Å². The summed E-state index contributed by atoms with van der Waals surface area (Å²) < 4.78 is 0. The number of aromatic carboxylic acids is 1. The second kappa shape index (κ2) is 4.92. The molecular formula is C15H15NO2. The Hall–Kier alpha value is -2.29. The zero-order valence-electron chi connectivity index (χ0n) is 10.2. The molecule has 0 heterocycles. The smallest absolute Gasteiger partial charge is 0.337 e. The van der Waals surface area contributed by atoms with Gasteiger partial charge in [-0.15, -0.1) is 0 Å². The van der Waals surface area contributed by atoms with Crippen molar-refractivity contribution in [3.63, 3.8) is 0 Å². The first kappa shape index (κ1) is 12.2. The molecule has 0 amide bonds. The molecule has 0 spiro atoms. The standard InChI is InChI=1S/C15H15NO2/c1-2-10-3-5-11(6-4-10)12-7-8-13(15(17)18)14(16)9-12/h3-9H,2,16H2,1H3,(H,17,18). The van der Waals surface area contributed by atoms with Gasteiger partial charge >= 0.3 is 5.97 Å². The number of carboxylic acid groups (broad SMARTS) is 1. The summed E-state index contributed by atoms with van der Waals surface area (Å²) in [6.07, 6.45) is 1.00. The second-order valence-corrected chi connectivity index (χ2v) is 4.16. The van der Waals surface area contributed by atoms with Crippen LogP contribution in [0.4, 0.5) is 5.69 Å². The van der Waals surface area contributed by atoms with Gasteiger partial charge in [0, 0.05) is 5.69 Å². The van der Waals surface area contributed by atoms with Crippen molar-refractivity contribution in [1.29, 1.82) is 0 Å². The third-order valence-electron chi connectivity index (χ3n) is 2.98. The summed E-state index contributed by atoms with van der Waals surface area (Å²) in [5.41, 5.74) is 9.41. The SMILES string of the molecule is CCc1ccc(-c2ccc(C(=O)O)c(N)c2)cc1. The molecule has 0 aliphatic carbocycles. The normalized spacial score (nSPS) is 10.3. The summed E-state index contributed by atoms with van der Waals surface area (Å²) in [4.78, 5) is 10.9. The molecule has 92 valence electrons. The highest BCUT2D eigenvalue weighted by Gasteiger charge is 2.08. The molecule has 3 N–H and O–H groups in total. The molecule has 0 aliphatic heterocycles. The Kier molecular flexibility index (Phi) is 3.33. The molecule has 2 rings (SSSR count). The van der Waals surface area contributed by atoms with Crippen LogP contribution in [0.2, 0.25) is 0 Å². The summed E-state index contributed by atoms with van der Waals surface area (Å²) >= 11 is 0. The molecule has 3 nitrogen and oxygen atoms in total. The quantitative estimate of drug-likeness (QED) is 0.811. The summed E-state index contributed by atoms with van der Waals surface area (Å²) in [7, 11) is 0. The molecule has 0 unspecified atom stereocenters. The van der Waals surface area contributed by atoms with E-state index in [1.165, 1.54) is 5.56 Å². The number of hydrogen-bond acceptors (Lipinski definition) is 2. The predicted octanol–water partition coefficient (Wildman–Crippen LogP) is 3.20. The zero-order chi connectivity index (χ0) is 13.1. The van der Waals surface area contributed by atoms with Crippen molar-refractivity contribution in [3.05, 3.63) is 53.6 Å². The molecule has 18 heavy (non-hydrogen) atoms. The molecule has 0 atom stereocenters. The van der Waals surface area contributed by atoms with Crippen LogP contribution < -0.4 is 5.73 Å². The Labute approximate surface area is 106 Å². The van der Waals surface area contributed by atoms with E-state index >= 15 is 0 Å². The first-order valence-corrected chi connectivity index (χ1v) is 5.84. The van der Waals surface area contributed by atoms with Gasteiger partial charge in [0.15, 0.2) is 0 Å². The molecule has 3 heteroatoms. The highest BCUT2D eigenvalue weighted by Crippen LogP contribution is 2.24. The van der Waals surface area contributed by atoms with E-state index in [9.17, 15) is 4.79 Å². The van der Waals surface area contributed by atoms with E-state index in [0.29, 0.717) is 5.69 Å². The summed E-state index contributed by atoms with van der Waals surface area (Å²) in [5.74, 6) is -1.000. The lowest BCUT2D eigenvalue weighted by molar-refractivity contribution is 0.0698. The van der Waals surface area contributed by atoms with Crippen LogP contribution >= 0.6 is 0 Å². The Morgan fingerprint density at radius 3 is 2.22 bits per heavy atom. The van der Waals surface area contributed by atoms with Crippen LogP contribution in [0.5, 0.6) is 0 Å². The van der Waals surface area contributed by atoms with Crippen molar-refractivity contribution >= 4 is 11.7 Å². The molecule has 0 bridgehead atoms. The Bertz CT molecular complexity index is 574. The van der Waals surface area contributed by atoms with Gasteiger partial charge < -0.3 is 10.8 Å². The van der Waals surface area contributed by atoms with E-state index in [1.54, 1.807) is 18.2 Å². The van der Waals surface area contributed by atoms with Crippen molar-refractivity contribution in [2.45, 2.75) is 13.3 Å². The van der Waals surface area contributed by atoms with E-state index < -0.39 is 5.97 Å². The van der Waals surface area contributed by atoms with Crippen molar-refractivity contribution in [2.24, 2.45) is 0 Å². The van der Waals surface area contributed by atoms with Crippen molar-refractivity contribution < 1.29 is 9.90 Å². The molecule has 0 saturated carbocycles. The third-order valence-corrected chi connectivity index (χ3v) is 2.98. The number of hydrogen-bond donors (Lipinski definition) is 2. The van der Waals surface area contributed by atoms with Crippen LogP contribution in [-0.4, -0.2) is 11.1 Å². The third kappa shape index (κ3) is 2.35. The molecule has 0 fully saturated rings. The number of nitrogen functional groups attached to an aromatic ring is 1. The Morgan fingerprint density at radius 1 is 1.11 bits per heavy atom. The van der Waals surface area contributed by atoms with E-state index in [0.717, 1.165) is 17.5 Å². The average molecular weight is 241 g/mol. The minimum Gasteiger partial charge on any atom is -0.478 e. The number of carbonyl (C=O) groups is 1. The van der Waals surface area contributed by atoms with Crippen LogP contribution in [0.1, 0.15) is 22.8 Å². The van der Waals surface area contributed by atoms with Gasteiger partial charge in [0.05, 0.1) is 5.56 Å². The van der Waals surface area contributed by atoms with Crippen molar-refractivity contribution in [3.8, 4) is 11.1 Å². The van der Waals surface area contributed by atoms with E-state index in [1.807, 2.05) is 12.1 Å². The van der Waals surface area contributed by atoms with Gasteiger partial charge in [0.1, 0.15) is 0 Å². The number of anilines is 1. The number of aryl methyl sites for hydroxylation is 1. The monoisotopic (exact) mass is 241 g/mol. The summed E-state index contributed by atoms with van der Waals surface area (Å²) in [6, 6.07) is 13.2. The molecule has 2 aromatic rings. The second-order valence-electron chi connectivity index (χ2n) is 4.16. The van der Waals surface area contributed by atoms with Crippen molar-refractivity contribution in [2.75, 3.05) is 5.73 Å². The van der Waals surface area contributed by atoms with Crippen LogP contribution in [0.25, 0.3) is 11.1 Å². The maximum Gasteiger partial charge on any atom is 0.337 e. The van der Waals surface area contributed by atoms with Crippen molar-refractivity contribution in [1.82, 2.24) is 0 Å². The predicted molar refractivity (Wildman–Crippen MR) is 72.6 cm³/mol. The van der Waals surface area contributed by atoms with E-state index in [2.05, 4.69) is 19.1 Å². The fourth-order valence-corrected chi connectivity index (χ4v) is 1.87. The number of benzene rings is 2. The molecule has 0 aliphatic rings. The topological polar surface area (TPSA) is 63.3 Å².